The van der Waals surface area contributed by atoms with Crippen molar-refractivity contribution in [3.8, 4) is 0 Å². The first-order valence-electron chi connectivity index (χ1n) is 6.47. The zero-order valence-corrected chi connectivity index (χ0v) is 11.0. The van der Waals surface area contributed by atoms with Gasteiger partial charge in [-0.15, -0.1) is 0 Å². The molecule has 0 aliphatic carbocycles. The fraction of sp³-hybridized carbons (Fsp3) is 0.500. The third-order valence-electron chi connectivity index (χ3n) is 3.68. The number of hydrogen-bond acceptors (Lipinski definition) is 3. The monoisotopic (exact) mass is 266 g/mol. The Kier molecular flexibility index (Phi) is 4.04. The van der Waals surface area contributed by atoms with E-state index < -0.39 is 11.5 Å². The lowest BCUT2D eigenvalue weighted by molar-refractivity contribution is -0.142. The van der Waals surface area contributed by atoms with Crippen LogP contribution in [0, 0.1) is 5.82 Å². The topological polar surface area (TPSA) is 52.6 Å². The summed E-state index contributed by atoms with van der Waals surface area (Å²) >= 11 is 0. The van der Waals surface area contributed by atoms with E-state index in [0.29, 0.717) is 25.1 Å². The maximum atomic E-state index is 13.2. The van der Waals surface area contributed by atoms with Gasteiger partial charge in [0.1, 0.15) is 11.4 Å². The Morgan fingerprint density at radius 2 is 2.21 bits per heavy atom. The summed E-state index contributed by atoms with van der Waals surface area (Å²) in [5.74, 6) is -1.23. The van der Waals surface area contributed by atoms with Crippen LogP contribution in [0.15, 0.2) is 24.3 Å². The molecule has 1 aliphatic heterocycles. The number of aliphatic carboxylic acids is 1. The minimum absolute atomic E-state index is 0.365. The van der Waals surface area contributed by atoms with Crippen LogP contribution in [0.2, 0.25) is 0 Å². The molecule has 1 heterocycles. The Morgan fingerprint density at radius 1 is 1.42 bits per heavy atom. The van der Waals surface area contributed by atoms with Crippen molar-refractivity contribution in [2.75, 3.05) is 25.5 Å². The summed E-state index contributed by atoms with van der Waals surface area (Å²) in [6, 6.07) is 5.96. The number of nitrogens with one attached hydrogen (secondary N) is 1. The third-order valence-corrected chi connectivity index (χ3v) is 3.68. The molecule has 0 saturated carbocycles. The molecule has 2 N–H and O–H groups in total. The number of rotatable bonds is 3. The molecule has 5 heteroatoms. The molecule has 4 nitrogen and oxygen atoms in total. The molecule has 0 radical (unpaired) electrons. The molecular formula is C14H19FN2O2. The SMILES string of the molecule is CN1CCCC(Nc2cccc(F)c2)(C(=O)O)CC1. The van der Waals surface area contributed by atoms with Gasteiger partial charge in [-0.2, -0.15) is 0 Å². The second-order valence-electron chi connectivity index (χ2n) is 5.18. The van der Waals surface area contributed by atoms with Gasteiger partial charge < -0.3 is 15.3 Å². The summed E-state index contributed by atoms with van der Waals surface area (Å²) in [6.07, 6.45) is 1.86. The summed E-state index contributed by atoms with van der Waals surface area (Å²) in [4.78, 5) is 13.8. The number of carboxylic acids is 1. The predicted octanol–water partition coefficient (Wildman–Crippen LogP) is 2.18. The first-order chi connectivity index (χ1) is 9.02. The number of anilines is 1. The van der Waals surface area contributed by atoms with Crippen LogP contribution in [-0.2, 0) is 4.79 Å². The molecule has 1 atom stereocenters. The highest BCUT2D eigenvalue weighted by molar-refractivity contribution is 5.82. The molecule has 1 aromatic rings. The maximum Gasteiger partial charge on any atom is 0.329 e. The highest BCUT2D eigenvalue weighted by atomic mass is 19.1. The molecule has 0 bridgehead atoms. The molecule has 19 heavy (non-hydrogen) atoms. The first kappa shape index (κ1) is 13.8. The smallest absolute Gasteiger partial charge is 0.329 e. The number of hydrogen-bond donors (Lipinski definition) is 2. The maximum absolute atomic E-state index is 13.2. The molecular weight excluding hydrogens is 247 g/mol. The van der Waals surface area contributed by atoms with Gasteiger partial charge in [-0.05, 0) is 51.1 Å². The summed E-state index contributed by atoms with van der Waals surface area (Å²) in [5, 5.41) is 12.6. The zero-order chi connectivity index (χ0) is 13.9. The highest BCUT2D eigenvalue weighted by Gasteiger charge is 2.39. The summed E-state index contributed by atoms with van der Waals surface area (Å²) in [7, 11) is 1.99. The van der Waals surface area contributed by atoms with Crippen LogP contribution in [0.4, 0.5) is 10.1 Å². The Hall–Kier alpha value is -1.62. The van der Waals surface area contributed by atoms with Crippen molar-refractivity contribution in [2.24, 2.45) is 0 Å². The Bertz CT molecular complexity index is 467. The Morgan fingerprint density at radius 3 is 2.89 bits per heavy atom. The van der Waals surface area contributed by atoms with Crippen LogP contribution in [0.25, 0.3) is 0 Å². The van der Waals surface area contributed by atoms with Crippen LogP contribution in [0.3, 0.4) is 0 Å². The van der Waals surface area contributed by atoms with Crippen molar-refractivity contribution >= 4 is 11.7 Å². The largest absolute Gasteiger partial charge is 0.480 e. The molecule has 1 aliphatic rings. The van der Waals surface area contributed by atoms with Crippen LogP contribution in [0.5, 0.6) is 0 Å². The van der Waals surface area contributed by atoms with E-state index in [1.807, 2.05) is 7.05 Å². The van der Waals surface area contributed by atoms with Gasteiger partial charge in [-0.1, -0.05) is 6.07 Å². The Labute approximate surface area is 112 Å². The fourth-order valence-corrected chi connectivity index (χ4v) is 2.50. The summed E-state index contributed by atoms with van der Waals surface area (Å²) in [6.45, 7) is 1.61. The standard InChI is InChI=1S/C14H19FN2O2/c1-17-8-3-6-14(7-9-17,13(18)19)16-12-5-2-4-11(15)10-12/h2,4-5,10,16H,3,6-9H2,1H3,(H,18,19). The number of likely N-dealkylation sites (tertiary alicyclic amines) is 1. The highest BCUT2D eigenvalue weighted by Crippen LogP contribution is 2.27. The summed E-state index contributed by atoms with van der Waals surface area (Å²) in [5.41, 5.74) is -0.481. The van der Waals surface area contributed by atoms with Gasteiger partial charge in [-0.3, -0.25) is 0 Å². The number of carbonyl (C=O) groups is 1. The molecule has 0 spiro atoms. The minimum Gasteiger partial charge on any atom is -0.480 e. The molecule has 2 rings (SSSR count). The normalized spacial score (nSPS) is 24.7. The van der Waals surface area contributed by atoms with Crippen LogP contribution >= 0.6 is 0 Å². The van der Waals surface area contributed by atoms with E-state index in [1.165, 1.54) is 12.1 Å². The number of carboxylic acid groups (broad SMARTS) is 1. The minimum atomic E-state index is -1.00. The van der Waals surface area contributed by atoms with E-state index in [-0.39, 0.29) is 5.82 Å². The third kappa shape index (κ3) is 3.23. The van der Waals surface area contributed by atoms with E-state index in [1.54, 1.807) is 12.1 Å². The van der Waals surface area contributed by atoms with Gasteiger partial charge in [0.05, 0.1) is 0 Å². The molecule has 1 unspecified atom stereocenters. The second-order valence-corrected chi connectivity index (χ2v) is 5.18. The quantitative estimate of drug-likeness (QED) is 0.880. The number of nitrogens with zero attached hydrogens (tertiary/aromatic N) is 1. The van der Waals surface area contributed by atoms with E-state index >= 15 is 0 Å². The lowest BCUT2D eigenvalue weighted by Gasteiger charge is -2.30. The van der Waals surface area contributed by atoms with Crippen molar-refractivity contribution < 1.29 is 14.3 Å². The molecule has 1 saturated heterocycles. The van der Waals surface area contributed by atoms with Gasteiger partial charge in [-0.25, -0.2) is 9.18 Å². The molecule has 1 aromatic carbocycles. The van der Waals surface area contributed by atoms with Crippen LogP contribution in [-0.4, -0.2) is 41.7 Å². The lowest BCUT2D eigenvalue weighted by atomic mass is 9.90. The van der Waals surface area contributed by atoms with Gasteiger partial charge in [0.15, 0.2) is 0 Å². The predicted molar refractivity (Wildman–Crippen MR) is 71.7 cm³/mol. The van der Waals surface area contributed by atoms with Crippen molar-refractivity contribution in [3.05, 3.63) is 30.1 Å². The molecule has 0 amide bonds. The Balaban J connectivity index is 2.22. The second kappa shape index (κ2) is 5.57. The average Bonchev–Trinajstić information content (AvgIpc) is 2.53. The first-order valence-corrected chi connectivity index (χ1v) is 6.47. The van der Waals surface area contributed by atoms with Crippen molar-refractivity contribution in [1.82, 2.24) is 4.90 Å². The van der Waals surface area contributed by atoms with Gasteiger partial charge in [0.25, 0.3) is 0 Å². The molecule has 0 aromatic heterocycles. The summed E-state index contributed by atoms with van der Waals surface area (Å²) < 4.78 is 13.2. The fourth-order valence-electron chi connectivity index (χ4n) is 2.50. The van der Waals surface area contributed by atoms with Crippen molar-refractivity contribution in [1.29, 1.82) is 0 Å². The van der Waals surface area contributed by atoms with Gasteiger partial charge in [0, 0.05) is 12.2 Å². The number of halogens is 1. The van der Waals surface area contributed by atoms with Crippen LogP contribution in [0.1, 0.15) is 19.3 Å². The molecule has 104 valence electrons. The van der Waals surface area contributed by atoms with Gasteiger partial charge in [0.2, 0.25) is 0 Å². The van der Waals surface area contributed by atoms with E-state index in [0.717, 1.165) is 13.0 Å². The van der Waals surface area contributed by atoms with Crippen LogP contribution < -0.4 is 5.32 Å². The lowest BCUT2D eigenvalue weighted by Crippen LogP contribution is -2.47. The zero-order valence-electron chi connectivity index (χ0n) is 11.0. The van der Waals surface area contributed by atoms with E-state index in [9.17, 15) is 14.3 Å². The van der Waals surface area contributed by atoms with Crippen molar-refractivity contribution in [3.63, 3.8) is 0 Å². The van der Waals surface area contributed by atoms with E-state index in [4.69, 9.17) is 0 Å². The van der Waals surface area contributed by atoms with Crippen molar-refractivity contribution in [2.45, 2.75) is 24.8 Å². The van der Waals surface area contributed by atoms with Gasteiger partial charge >= 0.3 is 5.97 Å². The molecule has 1 fully saturated rings. The van der Waals surface area contributed by atoms with E-state index in [2.05, 4.69) is 10.2 Å². The average molecular weight is 266 g/mol. The number of benzene rings is 1.